The van der Waals surface area contributed by atoms with Crippen molar-refractivity contribution in [1.29, 1.82) is 0 Å². The van der Waals surface area contributed by atoms with Crippen LogP contribution in [0.25, 0.3) is 0 Å². The van der Waals surface area contributed by atoms with Crippen LogP contribution in [0, 0.1) is 5.92 Å². The molecule has 0 aromatic heterocycles. The van der Waals surface area contributed by atoms with Gasteiger partial charge in [-0.1, -0.05) is 29.8 Å². The number of nitrogens with one attached hydrogen (secondary N) is 1. The Bertz CT molecular complexity index is 492. The number of carbonyl (C=O) groups is 1. The summed E-state index contributed by atoms with van der Waals surface area (Å²) in [6, 6.07) is 7.02. The summed E-state index contributed by atoms with van der Waals surface area (Å²) in [7, 11) is 0. The molecule has 4 nitrogen and oxygen atoms in total. The highest BCUT2D eigenvalue weighted by Crippen LogP contribution is 2.19. The molecule has 0 saturated heterocycles. The van der Waals surface area contributed by atoms with Gasteiger partial charge >= 0.3 is 6.18 Å². The lowest BCUT2D eigenvalue weighted by Gasteiger charge is -2.22. The van der Waals surface area contributed by atoms with Gasteiger partial charge in [-0.15, -0.1) is 0 Å². The average molecular weight is 398 g/mol. The van der Waals surface area contributed by atoms with Gasteiger partial charge in [-0.2, -0.15) is 13.2 Å². The maximum absolute atomic E-state index is 12.1. The lowest BCUT2D eigenvalue weighted by Crippen LogP contribution is -2.43. The molecule has 130 valence electrons. The molecular formula is C15H19BrF3NO3. The van der Waals surface area contributed by atoms with Crippen molar-refractivity contribution in [3.05, 3.63) is 28.7 Å². The normalized spacial score (nSPS) is 13.0. The minimum absolute atomic E-state index is 0.0121. The molecule has 1 atom stereocenters. The maximum atomic E-state index is 12.1. The van der Waals surface area contributed by atoms with Crippen LogP contribution in [0.1, 0.15) is 13.8 Å². The van der Waals surface area contributed by atoms with Crippen LogP contribution in [0.3, 0.4) is 0 Å². The zero-order valence-electron chi connectivity index (χ0n) is 12.8. The van der Waals surface area contributed by atoms with Crippen LogP contribution in [-0.4, -0.2) is 37.9 Å². The summed E-state index contributed by atoms with van der Waals surface area (Å²) in [5.74, 6) is 0.0450. The first-order valence-electron chi connectivity index (χ1n) is 7.03. The monoisotopic (exact) mass is 397 g/mol. The molecule has 1 unspecified atom stereocenters. The van der Waals surface area contributed by atoms with E-state index in [1.807, 2.05) is 13.8 Å². The Balaban J connectivity index is 2.44. The van der Waals surface area contributed by atoms with Crippen LogP contribution >= 0.6 is 15.9 Å². The molecule has 0 bridgehead atoms. The first kappa shape index (κ1) is 19.8. The quantitative estimate of drug-likeness (QED) is 0.682. The van der Waals surface area contributed by atoms with E-state index in [-0.39, 0.29) is 19.1 Å². The van der Waals surface area contributed by atoms with Crippen molar-refractivity contribution in [3.63, 3.8) is 0 Å². The zero-order valence-corrected chi connectivity index (χ0v) is 14.4. The van der Waals surface area contributed by atoms with Crippen molar-refractivity contribution in [3.8, 4) is 5.75 Å². The Labute approximate surface area is 141 Å². The fourth-order valence-corrected chi connectivity index (χ4v) is 1.95. The lowest BCUT2D eigenvalue weighted by atomic mass is 10.1. The van der Waals surface area contributed by atoms with Crippen molar-refractivity contribution in [2.45, 2.75) is 26.1 Å². The van der Waals surface area contributed by atoms with Crippen molar-refractivity contribution in [2.24, 2.45) is 5.92 Å². The van der Waals surface area contributed by atoms with E-state index in [4.69, 9.17) is 4.74 Å². The van der Waals surface area contributed by atoms with E-state index < -0.39 is 24.8 Å². The molecule has 1 aromatic rings. The van der Waals surface area contributed by atoms with E-state index in [1.165, 1.54) is 0 Å². The Hall–Kier alpha value is -1.28. The average Bonchev–Trinajstić information content (AvgIpc) is 2.44. The second-order valence-corrected chi connectivity index (χ2v) is 6.11. The number of carbonyl (C=O) groups excluding carboxylic acids is 1. The molecule has 0 fully saturated rings. The highest BCUT2D eigenvalue weighted by Gasteiger charge is 2.27. The molecule has 1 N–H and O–H groups in total. The van der Waals surface area contributed by atoms with Gasteiger partial charge < -0.3 is 14.8 Å². The predicted molar refractivity (Wildman–Crippen MR) is 83.3 cm³/mol. The van der Waals surface area contributed by atoms with Gasteiger partial charge in [-0.3, -0.25) is 4.79 Å². The zero-order chi connectivity index (χ0) is 17.5. The minimum Gasteiger partial charge on any atom is -0.480 e. The van der Waals surface area contributed by atoms with Crippen molar-refractivity contribution < 1.29 is 27.4 Å². The highest BCUT2D eigenvalue weighted by atomic mass is 79.9. The molecule has 1 rings (SSSR count). The molecule has 1 amide bonds. The summed E-state index contributed by atoms with van der Waals surface area (Å²) in [5.41, 5.74) is 0. The van der Waals surface area contributed by atoms with Crippen LogP contribution < -0.4 is 10.1 Å². The number of hydrogen-bond donors (Lipinski definition) is 1. The van der Waals surface area contributed by atoms with Gasteiger partial charge in [0.25, 0.3) is 5.91 Å². The van der Waals surface area contributed by atoms with Crippen molar-refractivity contribution >= 4 is 21.8 Å². The SMILES string of the molecule is CC(C)C(Oc1ccc(Br)cc1)C(=O)NCCOCC(F)(F)F. The number of halogens is 4. The van der Waals surface area contributed by atoms with Gasteiger partial charge in [0.1, 0.15) is 12.4 Å². The molecule has 0 aliphatic carbocycles. The molecule has 0 aliphatic rings. The first-order valence-corrected chi connectivity index (χ1v) is 7.83. The van der Waals surface area contributed by atoms with Gasteiger partial charge in [0.2, 0.25) is 0 Å². The summed E-state index contributed by atoms with van der Waals surface area (Å²) < 4.78 is 46.7. The van der Waals surface area contributed by atoms with Crippen LogP contribution in [-0.2, 0) is 9.53 Å². The highest BCUT2D eigenvalue weighted by molar-refractivity contribution is 9.10. The van der Waals surface area contributed by atoms with Gasteiger partial charge in [0.05, 0.1) is 6.61 Å². The molecule has 0 aliphatic heterocycles. The van der Waals surface area contributed by atoms with Crippen LogP contribution in [0.5, 0.6) is 5.75 Å². The third kappa shape index (κ3) is 8.22. The predicted octanol–water partition coefficient (Wildman–Crippen LogP) is 3.55. The van der Waals surface area contributed by atoms with E-state index in [1.54, 1.807) is 24.3 Å². The Kier molecular flexibility index (Phi) is 7.84. The molecule has 0 spiro atoms. The number of rotatable bonds is 8. The Morgan fingerprint density at radius 2 is 1.87 bits per heavy atom. The van der Waals surface area contributed by atoms with E-state index in [0.717, 1.165) is 4.47 Å². The fourth-order valence-electron chi connectivity index (χ4n) is 1.69. The second kappa shape index (κ2) is 9.12. The number of hydrogen-bond acceptors (Lipinski definition) is 3. The Morgan fingerprint density at radius 3 is 2.39 bits per heavy atom. The standard InChI is InChI=1S/C15H19BrF3NO3/c1-10(2)13(23-12-5-3-11(16)4-6-12)14(21)20-7-8-22-9-15(17,18)19/h3-6,10,13H,7-9H2,1-2H3,(H,20,21). The third-order valence-corrected chi connectivity index (χ3v) is 3.28. The largest absolute Gasteiger partial charge is 0.480 e. The summed E-state index contributed by atoms with van der Waals surface area (Å²) in [6.07, 6.45) is -5.10. The lowest BCUT2D eigenvalue weighted by molar-refractivity contribution is -0.173. The molecule has 23 heavy (non-hydrogen) atoms. The number of amides is 1. The summed E-state index contributed by atoms with van der Waals surface area (Å²) in [5, 5.41) is 2.52. The van der Waals surface area contributed by atoms with Gasteiger partial charge in [-0.05, 0) is 30.2 Å². The van der Waals surface area contributed by atoms with Crippen LogP contribution in [0.2, 0.25) is 0 Å². The molecule has 1 aromatic carbocycles. The van der Waals surface area contributed by atoms with E-state index in [0.29, 0.717) is 5.75 Å². The second-order valence-electron chi connectivity index (χ2n) is 5.20. The van der Waals surface area contributed by atoms with Crippen LogP contribution in [0.4, 0.5) is 13.2 Å². The van der Waals surface area contributed by atoms with Crippen LogP contribution in [0.15, 0.2) is 28.7 Å². The van der Waals surface area contributed by atoms with E-state index in [2.05, 4.69) is 26.0 Å². The topological polar surface area (TPSA) is 47.6 Å². The smallest absolute Gasteiger partial charge is 0.411 e. The molecule has 8 heteroatoms. The van der Waals surface area contributed by atoms with Crippen molar-refractivity contribution in [2.75, 3.05) is 19.8 Å². The summed E-state index contributed by atoms with van der Waals surface area (Å²) >= 11 is 3.30. The van der Waals surface area contributed by atoms with Crippen molar-refractivity contribution in [1.82, 2.24) is 5.32 Å². The molecular weight excluding hydrogens is 379 g/mol. The number of benzene rings is 1. The van der Waals surface area contributed by atoms with Gasteiger partial charge in [0, 0.05) is 11.0 Å². The molecule has 0 heterocycles. The maximum Gasteiger partial charge on any atom is 0.411 e. The molecule has 0 saturated carbocycles. The number of alkyl halides is 3. The van der Waals surface area contributed by atoms with Gasteiger partial charge in [-0.25, -0.2) is 0 Å². The molecule has 0 radical (unpaired) electrons. The Morgan fingerprint density at radius 1 is 1.26 bits per heavy atom. The number of ether oxygens (including phenoxy) is 2. The minimum atomic E-state index is -4.37. The first-order chi connectivity index (χ1) is 10.7. The third-order valence-electron chi connectivity index (χ3n) is 2.75. The van der Waals surface area contributed by atoms with E-state index >= 15 is 0 Å². The summed E-state index contributed by atoms with van der Waals surface area (Å²) in [4.78, 5) is 12.1. The van der Waals surface area contributed by atoms with Gasteiger partial charge in [0.15, 0.2) is 6.10 Å². The summed E-state index contributed by atoms with van der Waals surface area (Å²) in [6.45, 7) is 2.09. The van der Waals surface area contributed by atoms with E-state index in [9.17, 15) is 18.0 Å². The fraction of sp³-hybridized carbons (Fsp3) is 0.533.